The molecule has 0 aliphatic carbocycles. The van der Waals surface area contributed by atoms with Crippen molar-refractivity contribution in [3.05, 3.63) is 0 Å². The van der Waals surface area contributed by atoms with Gasteiger partial charge < -0.3 is 5.32 Å². The molecule has 0 fully saturated rings. The maximum Gasteiger partial charge on any atom is 0.00553 e. The van der Waals surface area contributed by atoms with Crippen molar-refractivity contribution in [2.24, 2.45) is 0 Å². The normalized spacial score (nSPS) is 10.4. The van der Waals surface area contributed by atoms with Crippen molar-refractivity contribution in [1.82, 2.24) is 5.32 Å². The third-order valence-electron chi connectivity index (χ3n) is 1.43. The molecular formula is C8H19NS2. The summed E-state index contributed by atoms with van der Waals surface area (Å²) in [5.41, 5.74) is 0. The summed E-state index contributed by atoms with van der Waals surface area (Å²) in [5, 5.41) is 3.42. The van der Waals surface area contributed by atoms with Crippen LogP contribution in [-0.2, 0) is 0 Å². The minimum absolute atomic E-state index is 1.17. The number of nitrogens with one attached hydrogen (secondary N) is 1. The summed E-state index contributed by atoms with van der Waals surface area (Å²) in [5.74, 6) is 2.55. The van der Waals surface area contributed by atoms with Gasteiger partial charge in [0.25, 0.3) is 0 Å². The maximum absolute atomic E-state index is 3.42. The topological polar surface area (TPSA) is 12.0 Å². The molecule has 0 amide bonds. The highest BCUT2D eigenvalue weighted by molar-refractivity contribution is 7.98. The van der Waals surface area contributed by atoms with E-state index in [-0.39, 0.29) is 0 Å². The Morgan fingerprint density at radius 1 is 0.909 bits per heavy atom. The van der Waals surface area contributed by atoms with Gasteiger partial charge in [-0.25, -0.2) is 0 Å². The zero-order valence-corrected chi connectivity index (χ0v) is 9.19. The van der Waals surface area contributed by atoms with Crippen molar-refractivity contribution < 1.29 is 0 Å². The molecule has 0 aromatic rings. The van der Waals surface area contributed by atoms with Crippen LogP contribution in [-0.4, -0.2) is 37.1 Å². The summed E-state index contributed by atoms with van der Waals surface area (Å²) in [6.45, 7) is 2.36. The fourth-order valence-corrected chi connectivity index (χ4v) is 1.64. The molecule has 68 valence electrons. The molecule has 0 aliphatic rings. The molecule has 0 aromatic heterocycles. The van der Waals surface area contributed by atoms with Crippen LogP contribution in [0.25, 0.3) is 0 Å². The molecule has 0 saturated heterocycles. The molecule has 0 bridgehead atoms. The van der Waals surface area contributed by atoms with Crippen molar-refractivity contribution in [3.8, 4) is 0 Å². The summed E-state index contributed by atoms with van der Waals surface area (Å²) < 4.78 is 0. The summed E-state index contributed by atoms with van der Waals surface area (Å²) in [6.07, 6.45) is 7.00. The van der Waals surface area contributed by atoms with Crippen molar-refractivity contribution in [2.45, 2.75) is 12.8 Å². The SMILES string of the molecule is CSCCCCNCCSC. The summed E-state index contributed by atoms with van der Waals surface area (Å²) in [7, 11) is 0. The van der Waals surface area contributed by atoms with E-state index in [1.807, 2.05) is 23.5 Å². The van der Waals surface area contributed by atoms with E-state index >= 15 is 0 Å². The van der Waals surface area contributed by atoms with Crippen molar-refractivity contribution in [2.75, 3.05) is 37.1 Å². The largest absolute Gasteiger partial charge is 0.316 e. The second-order valence-corrected chi connectivity index (χ2v) is 4.41. The molecule has 0 aromatic carbocycles. The first-order valence-electron chi connectivity index (χ1n) is 4.10. The fraction of sp³-hybridized carbons (Fsp3) is 1.00. The molecule has 0 saturated carbocycles. The van der Waals surface area contributed by atoms with Gasteiger partial charge in [0, 0.05) is 12.3 Å². The average Bonchev–Trinajstić information content (AvgIpc) is 2.03. The molecule has 11 heavy (non-hydrogen) atoms. The highest BCUT2D eigenvalue weighted by Crippen LogP contribution is 1.97. The molecule has 1 N–H and O–H groups in total. The molecule has 0 radical (unpaired) electrons. The first kappa shape index (κ1) is 11.7. The van der Waals surface area contributed by atoms with E-state index in [2.05, 4.69) is 17.8 Å². The van der Waals surface area contributed by atoms with Crippen LogP contribution >= 0.6 is 23.5 Å². The summed E-state index contributed by atoms with van der Waals surface area (Å²) in [6, 6.07) is 0. The lowest BCUT2D eigenvalue weighted by Gasteiger charge is -2.01. The highest BCUT2D eigenvalue weighted by atomic mass is 32.2. The van der Waals surface area contributed by atoms with Gasteiger partial charge in [-0.05, 0) is 37.7 Å². The molecule has 0 spiro atoms. The monoisotopic (exact) mass is 193 g/mol. The average molecular weight is 193 g/mol. The Morgan fingerprint density at radius 2 is 1.64 bits per heavy atom. The molecule has 0 atom stereocenters. The van der Waals surface area contributed by atoms with Crippen LogP contribution in [0.4, 0.5) is 0 Å². The molecule has 0 heterocycles. The Balaban J connectivity index is 2.69. The van der Waals surface area contributed by atoms with E-state index in [0.717, 1.165) is 0 Å². The predicted octanol–water partition coefficient (Wildman–Crippen LogP) is 2.08. The van der Waals surface area contributed by atoms with Crippen molar-refractivity contribution in [3.63, 3.8) is 0 Å². The smallest absolute Gasteiger partial charge is 0.00553 e. The zero-order valence-electron chi connectivity index (χ0n) is 7.56. The first-order valence-corrected chi connectivity index (χ1v) is 6.89. The van der Waals surface area contributed by atoms with Crippen LogP contribution in [0, 0.1) is 0 Å². The van der Waals surface area contributed by atoms with Crippen LogP contribution in [0.1, 0.15) is 12.8 Å². The lowest BCUT2D eigenvalue weighted by Crippen LogP contribution is -2.18. The van der Waals surface area contributed by atoms with E-state index in [0.29, 0.717) is 0 Å². The standard InChI is InChI=1S/C8H19NS2/c1-10-7-4-3-5-9-6-8-11-2/h9H,3-8H2,1-2H3. The van der Waals surface area contributed by atoms with Gasteiger partial charge in [0.2, 0.25) is 0 Å². The minimum Gasteiger partial charge on any atom is -0.316 e. The van der Waals surface area contributed by atoms with Crippen molar-refractivity contribution in [1.29, 1.82) is 0 Å². The Labute approximate surface area is 79.1 Å². The number of hydrogen-bond donors (Lipinski definition) is 1. The summed E-state index contributed by atoms with van der Waals surface area (Å²) in [4.78, 5) is 0. The van der Waals surface area contributed by atoms with Gasteiger partial charge in [-0.2, -0.15) is 23.5 Å². The Hall–Kier alpha value is 0.660. The quantitative estimate of drug-likeness (QED) is 0.593. The zero-order chi connectivity index (χ0) is 8.36. The van der Waals surface area contributed by atoms with Crippen LogP contribution < -0.4 is 5.32 Å². The Kier molecular flexibility index (Phi) is 11.3. The number of rotatable bonds is 8. The molecule has 0 rings (SSSR count). The van der Waals surface area contributed by atoms with E-state index in [1.165, 1.54) is 37.4 Å². The molecule has 3 heteroatoms. The van der Waals surface area contributed by atoms with E-state index in [9.17, 15) is 0 Å². The van der Waals surface area contributed by atoms with Gasteiger partial charge in [0.15, 0.2) is 0 Å². The molecule has 0 unspecified atom stereocenters. The predicted molar refractivity (Wildman–Crippen MR) is 58.9 cm³/mol. The van der Waals surface area contributed by atoms with Gasteiger partial charge in [-0.1, -0.05) is 0 Å². The first-order chi connectivity index (χ1) is 5.41. The minimum atomic E-state index is 1.17. The van der Waals surface area contributed by atoms with Gasteiger partial charge in [0.05, 0.1) is 0 Å². The van der Waals surface area contributed by atoms with Gasteiger partial charge in [0.1, 0.15) is 0 Å². The van der Waals surface area contributed by atoms with Crippen molar-refractivity contribution >= 4 is 23.5 Å². The van der Waals surface area contributed by atoms with Crippen LogP contribution in [0.2, 0.25) is 0 Å². The summed E-state index contributed by atoms with van der Waals surface area (Å²) >= 11 is 3.84. The highest BCUT2D eigenvalue weighted by Gasteiger charge is 1.87. The number of thioether (sulfide) groups is 2. The van der Waals surface area contributed by atoms with Crippen LogP contribution in [0.15, 0.2) is 0 Å². The van der Waals surface area contributed by atoms with Gasteiger partial charge >= 0.3 is 0 Å². The third kappa shape index (κ3) is 10.7. The second kappa shape index (κ2) is 10.7. The Bertz CT molecular complexity index is 61.1. The Morgan fingerprint density at radius 3 is 2.27 bits per heavy atom. The van der Waals surface area contributed by atoms with Gasteiger partial charge in [-0.15, -0.1) is 0 Å². The van der Waals surface area contributed by atoms with Gasteiger partial charge in [-0.3, -0.25) is 0 Å². The molecule has 1 nitrogen and oxygen atoms in total. The number of hydrogen-bond acceptors (Lipinski definition) is 3. The van der Waals surface area contributed by atoms with Crippen LogP contribution in [0.5, 0.6) is 0 Å². The second-order valence-electron chi connectivity index (χ2n) is 2.44. The van der Waals surface area contributed by atoms with E-state index in [1.54, 1.807) is 0 Å². The molecule has 0 aliphatic heterocycles. The lowest BCUT2D eigenvalue weighted by molar-refractivity contribution is 0.669. The molecular weight excluding hydrogens is 174 g/mol. The van der Waals surface area contributed by atoms with E-state index in [4.69, 9.17) is 0 Å². The maximum atomic E-state index is 3.42. The lowest BCUT2D eigenvalue weighted by atomic mass is 10.3. The van der Waals surface area contributed by atoms with E-state index < -0.39 is 0 Å². The third-order valence-corrected chi connectivity index (χ3v) is 2.74. The fourth-order valence-electron chi connectivity index (χ4n) is 0.796. The number of unbranched alkanes of at least 4 members (excludes halogenated alkanes) is 1. The van der Waals surface area contributed by atoms with Crippen LogP contribution in [0.3, 0.4) is 0 Å².